The van der Waals surface area contributed by atoms with Gasteiger partial charge in [-0.1, -0.05) is 30.3 Å². The normalized spacial score (nSPS) is 18.0. The molecule has 0 radical (unpaired) electrons. The zero-order valence-corrected chi connectivity index (χ0v) is 12.6. The topological polar surface area (TPSA) is 52.7 Å². The number of benzene rings is 2. The van der Waals surface area contributed by atoms with Crippen molar-refractivity contribution in [1.82, 2.24) is 5.32 Å². The van der Waals surface area contributed by atoms with Crippen molar-refractivity contribution in [3.8, 4) is 0 Å². The Hall–Kier alpha value is -2.82. The molecule has 2 heterocycles. The van der Waals surface area contributed by atoms with Gasteiger partial charge in [0.15, 0.2) is 0 Å². The zero-order valence-electron chi connectivity index (χ0n) is 12.6. The average molecular weight is 307 g/mol. The summed E-state index contributed by atoms with van der Waals surface area (Å²) in [5, 5.41) is 2.74. The third-order valence-electron chi connectivity index (χ3n) is 4.68. The van der Waals surface area contributed by atoms with Gasteiger partial charge in [0.25, 0.3) is 0 Å². The number of para-hydroxylation sites is 3. The SMILES string of the molecule is O=CNCC1c2cccc3c2N(CC3)c2ccccc2N1C=O. The first kappa shape index (κ1) is 13.8. The van der Waals surface area contributed by atoms with E-state index in [1.807, 2.05) is 30.3 Å². The number of hydrogen-bond acceptors (Lipinski definition) is 3. The summed E-state index contributed by atoms with van der Waals surface area (Å²) in [6.45, 7) is 1.30. The molecule has 0 aliphatic carbocycles. The van der Waals surface area contributed by atoms with Gasteiger partial charge in [-0.25, -0.2) is 0 Å². The van der Waals surface area contributed by atoms with Crippen LogP contribution in [0.25, 0.3) is 0 Å². The number of fused-ring (bicyclic) bond motifs is 2. The van der Waals surface area contributed by atoms with Crippen LogP contribution in [0.3, 0.4) is 0 Å². The van der Waals surface area contributed by atoms with Crippen LogP contribution in [0.5, 0.6) is 0 Å². The fourth-order valence-corrected chi connectivity index (χ4v) is 3.72. The van der Waals surface area contributed by atoms with Crippen molar-refractivity contribution in [2.24, 2.45) is 0 Å². The van der Waals surface area contributed by atoms with Gasteiger partial charge in [0.2, 0.25) is 12.8 Å². The smallest absolute Gasteiger partial charge is 0.214 e. The predicted octanol–water partition coefficient (Wildman–Crippen LogP) is 2.14. The maximum atomic E-state index is 11.9. The molecule has 2 aliphatic heterocycles. The standard InChI is InChI=1S/C18H17N3O2/c22-11-19-10-17-14-5-3-4-13-8-9-20(18(13)14)15-6-1-2-7-16(15)21(17)12-23/h1-7,11-12,17H,8-10H2,(H,19,22). The maximum absolute atomic E-state index is 11.9. The van der Waals surface area contributed by atoms with Crippen LogP contribution in [0.2, 0.25) is 0 Å². The van der Waals surface area contributed by atoms with E-state index in [1.54, 1.807) is 4.90 Å². The molecule has 4 rings (SSSR count). The predicted molar refractivity (Wildman–Crippen MR) is 88.9 cm³/mol. The molecular weight excluding hydrogens is 290 g/mol. The summed E-state index contributed by atoms with van der Waals surface area (Å²) >= 11 is 0. The lowest BCUT2D eigenvalue weighted by Gasteiger charge is -2.28. The summed E-state index contributed by atoms with van der Waals surface area (Å²) < 4.78 is 0. The van der Waals surface area contributed by atoms with E-state index < -0.39 is 0 Å². The van der Waals surface area contributed by atoms with E-state index in [9.17, 15) is 9.59 Å². The Morgan fingerprint density at radius 2 is 1.91 bits per heavy atom. The van der Waals surface area contributed by atoms with Crippen LogP contribution in [-0.4, -0.2) is 25.9 Å². The monoisotopic (exact) mass is 307 g/mol. The summed E-state index contributed by atoms with van der Waals surface area (Å²) in [6, 6.07) is 14.0. The number of carbonyl (C=O) groups is 2. The highest BCUT2D eigenvalue weighted by Crippen LogP contribution is 2.48. The van der Waals surface area contributed by atoms with Crippen LogP contribution in [-0.2, 0) is 16.0 Å². The highest BCUT2D eigenvalue weighted by atomic mass is 16.1. The summed E-state index contributed by atoms with van der Waals surface area (Å²) in [5.41, 5.74) is 5.48. The van der Waals surface area contributed by atoms with Gasteiger partial charge in [0.1, 0.15) is 0 Å². The molecule has 0 saturated heterocycles. The van der Waals surface area contributed by atoms with Crippen molar-refractivity contribution in [2.75, 3.05) is 22.9 Å². The first-order chi connectivity index (χ1) is 11.3. The Labute approximate surface area is 134 Å². The Kier molecular flexibility index (Phi) is 3.26. The molecule has 2 amide bonds. The number of anilines is 3. The van der Waals surface area contributed by atoms with E-state index in [4.69, 9.17) is 0 Å². The molecule has 2 aliphatic rings. The van der Waals surface area contributed by atoms with E-state index in [1.165, 1.54) is 11.3 Å². The molecule has 2 aromatic carbocycles. The molecule has 1 unspecified atom stereocenters. The van der Waals surface area contributed by atoms with E-state index in [0.717, 1.165) is 36.3 Å². The molecule has 1 atom stereocenters. The minimum atomic E-state index is -0.211. The number of nitrogens with one attached hydrogen (secondary N) is 1. The second-order valence-corrected chi connectivity index (χ2v) is 5.80. The van der Waals surface area contributed by atoms with E-state index in [0.29, 0.717) is 13.0 Å². The van der Waals surface area contributed by atoms with Crippen molar-refractivity contribution in [1.29, 1.82) is 0 Å². The van der Waals surface area contributed by atoms with Gasteiger partial charge in [-0.3, -0.25) is 9.59 Å². The highest BCUT2D eigenvalue weighted by molar-refractivity contribution is 5.92. The van der Waals surface area contributed by atoms with Gasteiger partial charge < -0.3 is 15.1 Å². The van der Waals surface area contributed by atoms with Crippen LogP contribution in [0.4, 0.5) is 17.1 Å². The molecule has 2 aromatic rings. The van der Waals surface area contributed by atoms with Crippen LogP contribution in [0.1, 0.15) is 17.2 Å². The highest BCUT2D eigenvalue weighted by Gasteiger charge is 2.35. The minimum Gasteiger partial charge on any atom is -0.356 e. The van der Waals surface area contributed by atoms with Gasteiger partial charge in [0.05, 0.1) is 17.4 Å². The van der Waals surface area contributed by atoms with Crippen molar-refractivity contribution in [2.45, 2.75) is 12.5 Å². The molecule has 116 valence electrons. The number of hydrogen-bond donors (Lipinski definition) is 1. The lowest BCUT2D eigenvalue weighted by Crippen LogP contribution is -2.34. The minimum absolute atomic E-state index is 0.211. The van der Waals surface area contributed by atoms with Gasteiger partial charge in [-0.2, -0.15) is 0 Å². The zero-order chi connectivity index (χ0) is 15.8. The molecule has 23 heavy (non-hydrogen) atoms. The second kappa shape index (κ2) is 5.43. The Morgan fingerprint density at radius 3 is 2.70 bits per heavy atom. The van der Waals surface area contributed by atoms with Gasteiger partial charge >= 0.3 is 0 Å². The largest absolute Gasteiger partial charge is 0.356 e. The molecule has 0 aromatic heterocycles. The second-order valence-electron chi connectivity index (χ2n) is 5.80. The van der Waals surface area contributed by atoms with E-state index in [2.05, 4.69) is 22.3 Å². The number of carbonyl (C=O) groups excluding carboxylic acids is 2. The Bertz CT molecular complexity index is 775. The first-order valence-corrected chi connectivity index (χ1v) is 7.74. The van der Waals surface area contributed by atoms with E-state index >= 15 is 0 Å². The average Bonchev–Trinajstić information content (AvgIpc) is 2.98. The molecule has 1 N–H and O–H groups in total. The molecule has 5 nitrogen and oxygen atoms in total. The van der Waals surface area contributed by atoms with Crippen molar-refractivity contribution < 1.29 is 9.59 Å². The summed E-state index contributed by atoms with van der Waals surface area (Å²) in [4.78, 5) is 26.7. The molecule has 0 bridgehead atoms. The fraction of sp³-hybridized carbons (Fsp3) is 0.222. The van der Waals surface area contributed by atoms with Crippen LogP contribution >= 0.6 is 0 Å². The van der Waals surface area contributed by atoms with Gasteiger partial charge in [0, 0.05) is 24.3 Å². The molecule has 0 spiro atoms. The summed E-state index contributed by atoms with van der Waals surface area (Å²) in [5.74, 6) is 0. The number of nitrogens with zero attached hydrogens (tertiary/aromatic N) is 2. The molecule has 5 heteroatoms. The molecule has 0 fully saturated rings. The third kappa shape index (κ3) is 2.00. The fourth-order valence-electron chi connectivity index (χ4n) is 3.72. The van der Waals surface area contributed by atoms with Crippen molar-refractivity contribution >= 4 is 29.9 Å². The number of amides is 2. The van der Waals surface area contributed by atoms with Crippen LogP contribution in [0, 0.1) is 0 Å². The molecule has 0 saturated carbocycles. The lowest BCUT2D eigenvalue weighted by atomic mass is 10.00. The summed E-state index contributed by atoms with van der Waals surface area (Å²) in [6.07, 6.45) is 2.53. The van der Waals surface area contributed by atoms with Crippen molar-refractivity contribution in [3.05, 3.63) is 53.6 Å². The maximum Gasteiger partial charge on any atom is 0.214 e. The molecular formula is C18H17N3O2. The first-order valence-electron chi connectivity index (χ1n) is 7.74. The summed E-state index contributed by atoms with van der Waals surface area (Å²) in [7, 11) is 0. The lowest BCUT2D eigenvalue weighted by molar-refractivity contribution is -0.110. The quantitative estimate of drug-likeness (QED) is 0.881. The van der Waals surface area contributed by atoms with Crippen LogP contribution < -0.4 is 15.1 Å². The number of rotatable bonds is 4. The third-order valence-corrected chi connectivity index (χ3v) is 4.68. The van der Waals surface area contributed by atoms with Crippen LogP contribution in [0.15, 0.2) is 42.5 Å². The Balaban J connectivity index is 1.97. The van der Waals surface area contributed by atoms with E-state index in [-0.39, 0.29) is 6.04 Å². The Morgan fingerprint density at radius 1 is 1.09 bits per heavy atom. The van der Waals surface area contributed by atoms with Crippen molar-refractivity contribution in [3.63, 3.8) is 0 Å². The van der Waals surface area contributed by atoms with Gasteiger partial charge in [-0.05, 0) is 24.1 Å². The van der Waals surface area contributed by atoms with Gasteiger partial charge in [-0.15, -0.1) is 0 Å².